The van der Waals surface area contributed by atoms with Crippen LogP contribution in [0.4, 0.5) is 0 Å². The molecule has 0 atom stereocenters. The van der Waals surface area contributed by atoms with Crippen molar-refractivity contribution in [3.8, 4) is 0 Å². The number of hydrogen-bond acceptors (Lipinski definition) is 5. The maximum absolute atomic E-state index is 11.9. The van der Waals surface area contributed by atoms with E-state index in [4.69, 9.17) is 0 Å². The molecule has 0 fully saturated rings. The molecule has 1 aromatic rings. The number of sulfonamides is 1. The molecule has 0 unspecified atom stereocenters. The second kappa shape index (κ2) is 6.86. The first kappa shape index (κ1) is 15.1. The maximum Gasteiger partial charge on any atom is 0.305 e. The van der Waals surface area contributed by atoms with Crippen LogP contribution in [-0.2, 0) is 26.1 Å². The summed E-state index contributed by atoms with van der Waals surface area (Å²) in [4.78, 5) is 11.9. The molecule has 0 radical (unpaired) electrons. The van der Waals surface area contributed by atoms with Crippen LogP contribution >= 0.6 is 11.3 Å². The van der Waals surface area contributed by atoms with Crippen molar-refractivity contribution in [2.45, 2.75) is 19.4 Å². The van der Waals surface area contributed by atoms with Crippen molar-refractivity contribution in [1.29, 1.82) is 0 Å². The van der Waals surface area contributed by atoms with Crippen molar-refractivity contribution < 1.29 is 17.9 Å². The summed E-state index contributed by atoms with van der Waals surface area (Å²) in [6.45, 7) is 0.373. The Balaban J connectivity index is 2.45. The average molecular weight is 291 g/mol. The molecular weight excluding hydrogens is 274 g/mol. The van der Waals surface area contributed by atoms with Gasteiger partial charge in [0.25, 0.3) is 0 Å². The second-order valence-electron chi connectivity index (χ2n) is 3.83. The number of ether oxygens (including phenoxy) is 1. The molecule has 0 amide bonds. The van der Waals surface area contributed by atoms with Gasteiger partial charge in [0.1, 0.15) is 0 Å². The van der Waals surface area contributed by atoms with Gasteiger partial charge in [0.15, 0.2) is 0 Å². The summed E-state index contributed by atoms with van der Waals surface area (Å²) in [5.74, 6) is -0.421. The molecule has 1 rings (SSSR count). The predicted molar refractivity (Wildman–Crippen MR) is 70.8 cm³/mol. The Morgan fingerprint density at radius 2 is 2.22 bits per heavy atom. The standard InChI is InChI=1S/C11H17NO4S2/c1-12(9-10-5-3-7-17-10)18(14,15)8-4-6-11(13)16-2/h3,5,7H,4,6,8-9H2,1-2H3. The van der Waals surface area contributed by atoms with Gasteiger partial charge in [0.2, 0.25) is 10.0 Å². The Kier molecular flexibility index (Phi) is 5.77. The molecule has 0 aliphatic carbocycles. The second-order valence-corrected chi connectivity index (χ2v) is 7.06. The Labute approximate surface area is 111 Å². The Bertz CT molecular complexity index is 467. The van der Waals surface area contributed by atoms with Crippen LogP contribution in [0.1, 0.15) is 17.7 Å². The van der Waals surface area contributed by atoms with E-state index >= 15 is 0 Å². The third-order valence-electron chi connectivity index (χ3n) is 2.44. The molecule has 0 saturated carbocycles. The fourth-order valence-electron chi connectivity index (χ4n) is 1.38. The van der Waals surface area contributed by atoms with E-state index in [1.165, 1.54) is 22.8 Å². The molecule has 102 valence electrons. The highest BCUT2D eigenvalue weighted by atomic mass is 32.2. The molecule has 0 aliphatic rings. The Hall–Kier alpha value is -0.920. The summed E-state index contributed by atoms with van der Waals surface area (Å²) >= 11 is 1.52. The van der Waals surface area contributed by atoms with Gasteiger partial charge in [0, 0.05) is 24.9 Å². The van der Waals surface area contributed by atoms with E-state index in [1.807, 2.05) is 17.5 Å². The lowest BCUT2D eigenvalue weighted by Gasteiger charge is -2.15. The zero-order chi connectivity index (χ0) is 13.6. The third kappa shape index (κ3) is 4.75. The number of hydrogen-bond donors (Lipinski definition) is 0. The van der Waals surface area contributed by atoms with Crippen LogP contribution in [0.25, 0.3) is 0 Å². The van der Waals surface area contributed by atoms with Gasteiger partial charge in [-0.25, -0.2) is 8.42 Å². The van der Waals surface area contributed by atoms with Crippen molar-refractivity contribution in [2.24, 2.45) is 0 Å². The molecule has 0 aromatic carbocycles. The van der Waals surface area contributed by atoms with Gasteiger partial charge >= 0.3 is 5.97 Å². The third-order valence-corrected chi connectivity index (χ3v) is 5.19. The van der Waals surface area contributed by atoms with Crippen LogP contribution in [0, 0.1) is 0 Å². The number of esters is 1. The highest BCUT2D eigenvalue weighted by Gasteiger charge is 2.18. The minimum atomic E-state index is -3.31. The predicted octanol–water partition coefficient (Wildman–Crippen LogP) is 1.46. The van der Waals surface area contributed by atoms with Crippen LogP contribution in [0.2, 0.25) is 0 Å². The lowest BCUT2D eigenvalue weighted by atomic mass is 10.3. The van der Waals surface area contributed by atoms with Gasteiger partial charge in [-0.15, -0.1) is 11.3 Å². The minimum absolute atomic E-state index is 0.0377. The van der Waals surface area contributed by atoms with Gasteiger partial charge in [-0.1, -0.05) is 6.07 Å². The zero-order valence-corrected chi connectivity index (χ0v) is 12.1. The lowest BCUT2D eigenvalue weighted by Crippen LogP contribution is -2.28. The van der Waals surface area contributed by atoms with Crippen LogP contribution in [0.3, 0.4) is 0 Å². The zero-order valence-electron chi connectivity index (χ0n) is 10.5. The fourth-order valence-corrected chi connectivity index (χ4v) is 3.37. The molecule has 0 bridgehead atoms. The van der Waals surface area contributed by atoms with Gasteiger partial charge in [-0.05, 0) is 17.9 Å². The Morgan fingerprint density at radius 3 is 2.78 bits per heavy atom. The smallest absolute Gasteiger partial charge is 0.305 e. The molecule has 1 heterocycles. The average Bonchev–Trinajstić information content (AvgIpc) is 2.81. The molecule has 5 nitrogen and oxygen atoms in total. The van der Waals surface area contributed by atoms with Crippen LogP contribution < -0.4 is 0 Å². The minimum Gasteiger partial charge on any atom is -0.469 e. The van der Waals surface area contributed by atoms with Gasteiger partial charge in [0.05, 0.1) is 12.9 Å². The molecule has 1 aromatic heterocycles. The number of thiophene rings is 1. The van der Waals surface area contributed by atoms with E-state index in [1.54, 1.807) is 7.05 Å². The highest BCUT2D eigenvalue weighted by Crippen LogP contribution is 2.14. The van der Waals surface area contributed by atoms with Crippen LogP contribution in [0.15, 0.2) is 17.5 Å². The van der Waals surface area contributed by atoms with Gasteiger partial charge < -0.3 is 4.74 Å². The topological polar surface area (TPSA) is 63.7 Å². The molecule has 7 heteroatoms. The number of methoxy groups -OCH3 is 1. The van der Waals surface area contributed by atoms with E-state index in [0.717, 1.165) is 4.88 Å². The summed E-state index contributed by atoms with van der Waals surface area (Å²) < 4.78 is 29.6. The molecule has 0 spiro atoms. The van der Waals surface area contributed by atoms with Crippen molar-refractivity contribution in [2.75, 3.05) is 19.9 Å². The maximum atomic E-state index is 11.9. The fraction of sp³-hybridized carbons (Fsp3) is 0.545. The summed E-state index contributed by atoms with van der Waals surface area (Å²) in [6, 6.07) is 3.78. The molecule has 0 saturated heterocycles. The van der Waals surface area contributed by atoms with Crippen molar-refractivity contribution in [1.82, 2.24) is 4.31 Å². The van der Waals surface area contributed by atoms with Crippen LogP contribution in [0.5, 0.6) is 0 Å². The van der Waals surface area contributed by atoms with E-state index in [2.05, 4.69) is 4.74 Å². The lowest BCUT2D eigenvalue weighted by molar-refractivity contribution is -0.140. The monoisotopic (exact) mass is 291 g/mol. The summed E-state index contributed by atoms with van der Waals surface area (Å²) in [6.07, 6.45) is 0.409. The number of carbonyl (C=O) groups is 1. The Morgan fingerprint density at radius 1 is 1.50 bits per heavy atom. The highest BCUT2D eigenvalue weighted by molar-refractivity contribution is 7.89. The molecule has 0 aliphatic heterocycles. The summed E-state index contributed by atoms with van der Waals surface area (Å²) in [7, 11) is -0.468. The summed E-state index contributed by atoms with van der Waals surface area (Å²) in [5.41, 5.74) is 0. The number of carbonyl (C=O) groups excluding carboxylic acids is 1. The first-order valence-electron chi connectivity index (χ1n) is 5.49. The summed E-state index contributed by atoms with van der Waals surface area (Å²) in [5, 5.41) is 1.91. The van der Waals surface area contributed by atoms with E-state index in [-0.39, 0.29) is 24.6 Å². The largest absolute Gasteiger partial charge is 0.469 e. The van der Waals surface area contributed by atoms with Crippen molar-refractivity contribution in [3.63, 3.8) is 0 Å². The van der Waals surface area contributed by atoms with E-state index in [0.29, 0.717) is 6.54 Å². The molecular formula is C11H17NO4S2. The van der Waals surface area contributed by atoms with E-state index in [9.17, 15) is 13.2 Å². The van der Waals surface area contributed by atoms with Gasteiger partial charge in [-0.2, -0.15) is 4.31 Å². The molecule has 18 heavy (non-hydrogen) atoms. The normalized spacial score (nSPS) is 11.7. The number of rotatable bonds is 7. The SMILES string of the molecule is COC(=O)CCCS(=O)(=O)N(C)Cc1cccs1. The van der Waals surface area contributed by atoms with Crippen molar-refractivity contribution in [3.05, 3.63) is 22.4 Å². The number of nitrogens with zero attached hydrogens (tertiary/aromatic N) is 1. The first-order valence-corrected chi connectivity index (χ1v) is 7.98. The quantitative estimate of drug-likeness (QED) is 0.714. The van der Waals surface area contributed by atoms with E-state index < -0.39 is 10.0 Å². The van der Waals surface area contributed by atoms with Gasteiger partial charge in [-0.3, -0.25) is 4.79 Å². The first-order chi connectivity index (χ1) is 8.45. The van der Waals surface area contributed by atoms with Crippen LogP contribution in [-0.4, -0.2) is 38.6 Å². The molecule has 0 N–H and O–H groups in total. The van der Waals surface area contributed by atoms with Crippen molar-refractivity contribution >= 4 is 27.3 Å².